The van der Waals surface area contributed by atoms with Crippen molar-refractivity contribution < 1.29 is 4.79 Å². The number of likely N-dealkylation sites (N-methyl/N-ethyl adjacent to an activating group) is 1. The van der Waals surface area contributed by atoms with Crippen LogP contribution in [0.15, 0.2) is 24.3 Å². The van der Waals surface area contributed by atoms with Gasteiger partial charge in [-0.3, -0.25) is 4.79 Å². The Bertz CT molecular complexity index is 378. The second-order valence-corrected chi connectivity index (χ2v) is 4.58. The van der Waals surface area contributed by atoms with Crippen molar-refractivity contribution >= 4 is 5.91 Å². The molecule has 1 aromatic rings. The molecular formula is C14H20N2O. The van der Waals surface area contributed by atoms with Crippen molar-refractivity contribution in [3.05, 3.63) is 35.4 Å². The quantitative estimate of drug-likeness (QED) is 0.848. The monoisotopic (exact) mass is 232 g/mol. The van der Waals surface area contributed by atoms with Crippen LogP contribution < -0.4 is 5.73 Å². The summed E-state index contributed by atoms with van der Waals surface area (Å²) in [6.07, 6.45) is 1.77. The van der Waals surface area contributed by atoms with Crippen LogP contribution in [0.1, 0.15) is 18.1 Å². The van der Waals surface area contributed by atoms with Gasteiger partial charge in [0.15, 0.2) is 0 Å². The van der Waals surface area contributed by atoms with Crippen LogP contribution in [0.25, 0.3) is 0 Å². The lowest BCUT2D eigenvalue weighted by Gasteiger charge is -2.23. The lowest BCUT2D eigenvalue weighted by molar-refractivity contribution is -0.134. The molecule has 0 heterocycles. The number of rotatable bonds is 4. The minimum Gasteiger partial charge on any atom is -0.341 e. The molecule has 2 rings (SSSR count). The van der Waals surface area contributed by atoms with Crippen molar-refractivity contribution in [2.75, 3.05) is 19.6 Å². The number of hydrogen-bond acceptors (Lipinski definition) is 2. The Hall–Kier alpha value is -1.35. The molecule has 0 bridgehead atoms. The van der Waals surface area contributed by atoms with Crippen LogP contribution in [0.4, 0.5) is 0 Å². The molecule has 0 aromatic heterocycles. The summed E-state index contributed by atoms with van der Waals surface area (Å²) in [7, 11) is 0. The Morgan fingerprint density at radius 2 is 1.94 bits per heavy atom. The van der Waals surface area contributed by atoms with Crippen molar-refractivity contribution in [3.8, 4) is 0 Å². The number of nitrogens with two attached hydrogens (primary N) is 1. The molecule has 0 fully saturated rings. The van der Waals surface area contributed by atoms with Crippen molar-refractivity contribution in [1.29, 1.82) is 0 Å². The zero-order valence-corrected chi connectivity index (χ0v) is 10.4. The largest absolute Gasteiger partial charge is 0.341 e. The molecule has 0 spiro atoms. The maximum Gasteiger partial charge on any atom is 0.226 e. The van der Waals surface area contributed by atoms with E-state index in [2.05, 4.69) is 12.1 Å². The summed E-state index contributed by atoms with van der Waals surface area (Å²) < 4.78 is 0. The van der Waals surface area contributed by atoms with Crippen LogP contribution in [0.3, 0.4) is 0 Å². The number of carbonyl (C=O) groups excluding carboxylic acids is 1. The second kappa shape index (κ2) is 5.32. The molecule has 1 amide bonds. The smallest absolute Gasteiger partial charge is 0.226 e. The number of hydrogen-bond donors (Lipinski definition) is 1. The van der Waals surface area contributed by atoms with E-state index < -0.39 is 0 Å². The molecule has 1 aromatic carbocycles. The van der Waals surface area contributed by atoms with Crippen LogP contribution in [0, 0.1) is 5.92 Å². The first-order chi connectivity index (χ1) is 8.26. The number of carbonyl (C=O) groups is 1. The normalized spacial score (nSPS) is 14.7. The van der Waals surface area contributed by atoms with E-state index in [1.165, 1.54) is 11.1 Å². The number of nitrogens with zero attached hydrogens (tertiary/aromatic N) is 1. The first kappa shape index (κ1) is 12.1. The molecule has 0 saturated heterocycles. The highest BCUT2D eigenvalue weighted by Crippen LogP contribution is 2.27. The van der Waals surface area contributed by atoms with E-state index in [1.807, 2.05) is 24.0 Å². The summed E-state index contributed by atoms with van der Waals surface area (Å²) in [5.41, 5.74) is 8.19. The molecule has 1 aliphatic rings. The summed E-state index contributed by atoms with van der Waals surface area (Å²) in [6, 6.07) is 8.34. The van der Waals surface area contributed by atoms with Gasteiger partial charge < -0.3 is 10.6 Å². The summed E-state index contributed by atoms with van der Waals surface area (Å²) in [5.74, 6) is 0.382. The van der Waals surface area contributed by atoms with Crippen LogP contribution in [0.2, 0.25) is 0 Å². The van der Waals surface area contributed by atoms with Crippen molar-refractivity contribution in [2.45, 2.75) is 19.8 Å². The van der Waals surface area contributed by atoms with Gasteiger partial charge in [-0.1, -0.05) is 24.3 Å². The van der Waals surface area contributed by atoms with Crippen LogP contribution in [0.5, 0.6) is 0 Å². The number of fused-ring (bicyclic) bond motifs is 1. The minimum atomic E-state index is 0.124. The average Bonchev–Trinajstić information content (AvgIpc) is 2.78. The fourth-order valence-corrected chi connectivity index (χ4v) is 2.57. The SMILES string of the molecule is CCN(CCN)C(=O)C1Cc2ccccc2C1. The van der Waals surface area contributed by atoms with Crippen LogP contribution in [-0.2, 0) is 17.6 Å². The summed E-state index contributed by atoms with van der Waals surface area (Å²) in [4.78, 5) is 14.2. The van der Waals surface area contributed by atoms with Gasteiger partial charge in [-0.25, -0.2) is 0 Å². The first-order valence-electron chi connectivity index (χ1n) is 6.32. The van der Waals surface area contributed by atoms with E-state index in [1.54, 1.807) is 0 Å². The van der Waals surface area contributed by atoms with Crippen LogP contribution in [-0.4, -0.2) is 30.4 Å². The van der Waals surface area contributed by atoms with Gasteiger partial charge >= 0.3 is 0 Å². The molecule has 0 unspecified atom stereocenters. The Morgan fingerprint density at radius 3 is 2.41 bits per heavy atom. The molecule has 92 valence electrons. The Kier molecular flexibility index (Phi) is 3.79. The molecule has 3 heteroatoms. The highest BCUT2D eigenvalue weighted by Gasteiger charge is 2.29. The predicted molar refractivity (Wildman–Crippen MR) is 68.6 cm³/mol. The second-order valence-electron chi connectivity index (χ2n) is 4.58. The fourth-order valence-electron chi connectivity index (χ4n) is 2.57. The number of benzene rings is 1. The lowest BCUT2D eigenvalue weighted by atomic mass is 10.0. The molecule has 0 saturated carbocycles. The Balaban J connectivity index is 2.04. The van der Waals surface area contributed by atoms with Gasteiger partial charge in [-0.2, -0.15) is 0 Å². The fraction of sp³-hybridized carbons (Fsp3) is 0.500. The van der Waals surface area contributed by atoms with E-state index in [-0.39, 0.29) is 11.8 Å². The molecule has 17 heavy (non-hydrogen) atoms. The predicted octanol–water partition coefficient (Wildman–Crippen LogP) is 1.21. The molecular weight excluding hydrogens is 212 g/mol. The van der Waals surface area contributed by atoms with Gasteiger partial charge in [0.05, 0.1) is 0 Å². The van der Waals surface area contributed by atoms with E-state index >= 15 is 0 Å². The van der Waals surface area contributed by atoms with E-state index in [0.29, 0.717) is 13.1 Å². The highest BCUT2D eigenvalue weighted by molar-refractivity contribution is 5.80. The molecule has 3 nitrogen and oxygen atoms in total. The molecule has 0 atom stereocenters. The highest BCUT2D eigenvalue weighted by atomic mass is 16.2. The molecule has 1 aliphatic carbocycles. The lowest BCUT2D eigenvalue weighted by Crippen LogP contribution is -2.39. The Labute approximate surface area is 103 Å². The number of amides is 1. The molecule has 0 aliphatic heterocycles. The van der Waals surface area contributed by atoms with Gasteiger partial charge in [-0.05, 0) is 30.9 Å². The molecule has 2 N–H and O–H groups in total. The third kappa shape index (κ3) is 2.50. The van der Waals surface area contributed by atoms with Gasteiger partial charge in [0.1, 0.15) is 0 Å². The van der Waals surface area contributed by atoms with E-state index in [0.717, 1.165) is 19.4 Å². The Morgan fingerprint density at radius 1 is 1.35 bits per heavy atom. The van der Waals surface area contributed by atoms with Crippen LogP contribution >= 0.6 is 0 Å². The maximum absolute atomic E-state index is 12.3. The van der Waals surface area contributed by atoms with E-state index in [4.69, 9.17) is 5.73 Å². The van der Waals surface area contributed by atoms with Gasteiger partial charge in [-0.15, -0.1) is 0 Å². The zero-order chi connectivity index (χ0) is 12.3. The van der Waals surface area contributed by atoms with Gasteiger partial charge in [0, 0.05) is 25.6 Å². The van der Waals surface area contributed by atoms with E-state index in [9.17, 15) is 4.79 Å². The van der Waals surface area contributed by atoms with Crippen molar-refractivity contribution in [1.82, 2.24) is 4.90 Å². The minimum absolute atomic E-state index is 0.124. The molecule has 0 radical (unpaired) electrons. The van der Waals surface area contributed by atoms with Crippen molar-refractivity contribution in [3.63, 3.8) is 0 Å². The third-order valence-electron chi connectivity index (χ3n) is 3.49. The summed E-state index contributed by atoms with van der Waals surface area (Å²) in [5, 5.41) is 0. The first-order valence-corrected chi connectivity index (χ1v) is 6.32. The third-order valence-corrected chi connectivity index (χ3v) is 3.49. The average molecular weight is 232 g/mol. The van der Waals surface area contributed by atoms with Gasteiger partial charge in [0.2, 0.25) is 5.91 Å². The standard InChI is InChI=1S/C14H20N2O/c1-2-16(8-7-15)14(17)13-9-11-5-3-4-6-12(11)10-13/h3-6,13H,2,7-10,15H2,1H3. The summed E-state index contributed by atoms with van der Waals surface area (Å²) >= 11 is 0. The van der Waals surface area contributed by atoms with Crippen molar-refractivity contribution in [2.24, 2.45) is 11.7 Å². The zero-order valence-electron chi connectivity index (χ0n) is 10.4. The maximum atomic E-state index is 12.3. The van der Waals surface area contributed by atoms with Gasteiger partial charge in [0.25, 0.3) is 0 Å². The summed E-state index contributed by atoms with van der Waals surface area (Å²) in [6.45, 7) is 3.97. The topological polar surface area (TPSA) is 46.3 Å².